The number of rotatable bonds is 8. The first-order valence-corrected chi connectivity index (χ1v) is 13.5. The summed E-state index contributed by atoms with van der Waals surface area (Å²) in [7, 11) is 0. The average Bonchev–Trinajstić information content (AvgIpc) is 3.47. The van der Waals surface area contributed by atoms with Crippen molar-refractivity contribution in [2.75, 3.05) is 31.2 Å². The fourth-order valence-corrected chi connectivity index (χ4v) is 5.14. The van der Waals surface area contributed by atoms with E-state index in [4.69, 9.17) is 9.84 Å². The van der Waals surface area contributed by atoms with Crippen LogP contribution in [-0.2, 0) is 16.8 Å². The van der Waals surface area contributed by atoms with Crippen molar-refractivity contribution in [3.63, 3.8) is 0 Å². The van der Waals surface area contributed by atoms with Gasteiger partial charge in [-0.3, -0.25) is 14.5 Å². The maximum absolute atomic E-state index is 15.3. The van der Waals surface area contributed by atoms with Crippen molar-refractivity contribution in [1.82, 2.24) is 14.7 Å². The Balaban J connectivity index is 1.54. The first-order chi connectivity index (χ1) is 19.7. The molecule has 0 aliphatic carbocycles. The molecule has 0 atom stereocenters. The number of amides is 1. The van der Waals surface area contributed by atoms with Gasteiger partial charge >= 0.3 is 12.1 Å². The molecule has 2 aromatic rings. The topological polar surface area (TPSA) is 87.9 Å². The normalized spacial score (nSPS) is 18.6. The van der Waals surface area contributed by atoms with E-state index in [-0.39, 0.29) is 23.5 Å². The minimum absolute atomic E-state index is 0.104. The third kappa shape index (κ3) is 6.13. The molecule has 0 unspecified atom stereocenters. The molecular weight excluding hydrogens is 556 g/mol. The van der Waals surface area contributed by atoms with Gasteiger partial charge in [0.1, 0.15) is 29.7 Å². The highest BCUT2D eigenvalue weighted by Crippen LogP contribution is 2.37. The number of aromatic nitrogens is 2. The van der Waals surface area contributed by atoms with Crippen LogP contribution in [0.15, 0.2) is 54.3 Å². The molecule has 2 aliphatic heterocycles. The number of nitrogens with zero attached hydrogens (tertiary/aromatic N) is 4. The van der Waals surface area contributed by atoms with Gasteiger partial charge in [0.2, 0.25) is 0 Å². The summed E-state index contributed by atoms with van der Waals surface area (Å²) < 4.78 is 64.4. The van der Waals surface area contributed by atoms with Crippen LogP contribution < -0.4 is 4.90 Å². The zero-order chi connectivity index (χ0) is 31.0. The second-order valence-electron chi connectivity index (χ2n) is 11.6. The zero-order valence-electron chi connectivity index (χ0n) is 24.0. The fraction of sp³-hybridized carbons (Fsp3) is 0.433. The molecule has 0 saturated carbocycles. The fourth-order valence-electron chi connectivity index (χ4n) is 5.14. The number of benzene rings is 1. The van der Waals surface area contributed by atoms with E-state index in [1.807, 2.05) is 20.8 Å². The molecule has 8 nitrogen and oxygen atoms in total. The number of carboxylic acids is 1. The third-order valence-electron chi connectivity index (χ3n) is 7.61. The van der Waals surface area contributed by atoms with E-state index in [1.54, 1.807) is 10.9 Å². The molecule has 12 heteroatoms. The van der Waals surface area contributed by atoms with Crippen LogP contribution >= 0.6 is 0 Å². The van der Waals surface area contributed by atoms with Crippen molar-refractivity contribution < 1.29 is 37.0 Å². The Morgan fingerprint density at radius 3 is 2.43 bits per heavy atom. The Hall–Kier alpha value is -3.93. The Kier molecular flexibility index (Phi) is 8.68. The van der Waals surface area contributed by atoms with Gasteiger partial charge in [-0.15, -0.1) is 0 Å². The van der Waals surface area contributed by atoms with Crippen molar-refractivity contribution in [3.8, 4) is 0 Å². The number of carbonyl (C=O) groups is 2. The van der Waals surface area contributed by atoms with Crippen molar-refractivity contribution in [2.24, 2.45) is 0 Å². The number of anilines is 1. The molecule has 1 spiro atoms. The van der Waals surface area contributed by atoms with Crippen LogP contribution in [0, 0.1) is 5.82 Å². The number of carbonyl (C=O) groups excluding carboxylic acids is 1. The van der Waals surface area contributed by atoms with Crippen molar-refractivity contribution >= 4 is 23.3 Å². The van der Waals surface area contributed by atoms with Gasteiger partial charge in [-0.05, 0) is 45.9 Å². The molecular formula is C30H34F4N4O4. The summed E-state index contributed by atoms with van der Waals surface area (Å²) >= 11 is 0. The monoisotopic (exact) mass is 590 g/mol. The molecule has 1 amide bonds. The molecule has 226 valence electrons. The lowest BCUT2D eigenvalue weighted by atomic mass is 9.91. The Morgan fingerprint density at radius 1 is 1.24 bits per heavy atom. The highest BCUT2D eigenvalue weighted by Gasteiger charge is 2.47. The Labute approximate surface area is 241 Å². The van der Waals surface area contributed by atoms with Crippen LogP contribution in [-0.4, -0.2) is 63.8 Å². The maximum atomic E-state index is 15.3. The summed E-state index contributed by atoms with van der Waals surface area (Å²) in [5, 5.41) is 13.7. The smallest absolute Gasteiger partial charge is 0.415 e. The maximum Gasteiger partial charge on any atom is 0.415 e. The molecule has 2 fully saturated rings. The van der Waals surface area contributed by atoms with Crippen molar-refractivity contribution in [2.45, 2.75) is 58.2 Å². The molecule has 1 aromatic carbocycles. The van der Waals surface area contributed by atoms with Gasteiger partial charge in [-0.25, -0.2) is 27.2 Å². The molecule has 4 rings (SSSR count). The van der Waals surface area contributed by atoms with Crippen LogP contribution in [0.4, 0.5) is 28.0 Å². The highest BCUT2D eigenvalue weighted by atomic mass is 19.2. The number of aromatic carboxylic acids is 1. The second kappa shape index (κ2) is 11.7. The SMILES string of the molecule is C=C/C(=C(F)\C(CF)=C(/C)F)c1nn(C(C)(C)C)cc1CN1CCC2(CC1)CN(c1ccc(C(=O)O)c(F)c1)C(=O)O2. The van der Waals surface area contributed by atoms with E-state index in [0.717, 1.165) is 19.1 Å². The summed E-state index contributed by atoms with van der Waals surface area (Å²) in [5.41, 5.74) is -1.48. The lowest BCUT2D eigenvalue weighted by Gasteiger charge is -2.37. The van der Waals surface area contributed by atoms with Gasteiger partial charge in [-0.1, -0.05) is 12.7 Å². The molecule has 2 aliphatic rings. The summed E-state index contributed by atoms with van der Waals surface area (Å²) in [6.45, 7) is 10.6. The molecule has 2 saturated heterocycles. The number of ether oxygens (including phenoxy) is 1. The summed E-state index contributed by atoms with van der Waals surface area (Å²) in [5.74, 6) is -4.38. The van der Waals surface area contributed by atoms with Gasteiger partial charge in [0.15, 0.2) is 0 Å². The standard InChI is InChI=1S/C30H34F4N4O4/c1-6-21(25(34)23(14-31)18(2)32)26-19(16-38(35-26)29(3,4)5)15-36-11-9-30(10-12-36)17-37(28(41)42-30)20-7-8-22(27(39)40)24(33)13-20/h6-8,13,16H,1,9-12,14-15,17H2,2-5H3,(H,39,40)/b23-18+,25-21-. The Bertz CT molecular complexity index is 1460. The first-order valence-electron chi connectivity index (χ1n) is 13.5. The second-order valence-corrected chi connectivity index (χ2v) is 11.6. The number of likely N-dealkylation sites (tertiary alicyclic amines) is 1. The Morgan fingerprint density at radius 2 is 1.90 bits per heavy atom. The van der Waals surface area contributed by atoms with E-state index in [9.17, 15) is 22.8 Å². The summed E-state index contributed by atoms with van der Waals surface area (Å²) in [6.07, 6.45) is 3.26. The van der Waals surface area contributed by atoms with Crippen molar-refractivity contribution in [3.05, 3.63) is 76.9 Å². The van der Waals surface area contributed by atoms with Crippen molar-refractivity contribution in [1.29, 1.82) is 0 Å². The van der Waals surface area contributed by atoms with E-state index < -0.39 is 58.5 Å². The van der Waals surface area contributed by atoms with Gasteiger partial charge in [0.05, 0.1) is 34.6 Å². The van der Waals surface area contributed by atoms with Gasteiger partial charge in [-0.2, -0.15) is 5.10 Å². The van der Waals surface area contributed by atoms with Crippen LogP contribution in [0.2, 0.25) is 0 Å². The number of carboxylic acid groups (broad SMARTS) is 1. The molecule has 1 aromatic heterocycles. The van der Waals surface area contributed by atoms with Crippen LogP contribution in [0.25, 0.3) is 5.57 Å². The number of allylic oxidation sites excluding steroid dienone is 5. The van der Waals surface area contributed by atoms with Crippen LogP contribution in [0.3, 0.4) is 0 Å². The minimum atomic E-state index is -1.40. The van der Waals surface area contributed by atoms with E-state index in [2.05, 4.69) is 16.6 Å². The number of piperidine rings is 1. The van der Waals surface area contributed by atoms with Gasteiger partial charge in [0, 0.05) is 49.8 Å². The largest absolute Gasteiger partial charge is 0.478 e. The lowest BCUT2D eigenvalue weighted by Crippen LogP contribution is -2.46. The molecule has 3 heterocycles. The predicted molar refractivity (Wildman–Crippen MR) is 150 cm³/mol. The summed E-state index contributed by atoms with van der Waals surface area (Å²) in [6, 6.07) is 3.48. The minimum Gasteiger partial charge on any atom is -0.478 e. The molecule has 1 N–H and O–H groups in total. The van der Waals surface area contributed by atoms with Gasteiger partial charge < -0.3 is 9.84 Å². The van der Waals surface area contributed by atoms with E-state index in [0.29, 0.717) is 38.0 Å². The molecule has 0 bridgehead atoms. The highest BCUT2D eigenvalue weighted by molar-refractivity contribution is 5.92. The quantitative estimate of drug-likeness (QED) is 0.277. The first kappa shape index (κ1) is 31.0. The average molecular weight is 591 g/mol. The summed E-state index contributed by atoms with van der Waals surface area (Å²) in [4.78, 5) is 27.2. The molecule has 0 radical (unpaired) electrons. The third-order valence-corrected chi connectivity index (χ3v) is 7.61. The van der Waals surface area contributed by atoms with Crippen LogP contribution in [0.5, 0.6) is 0 Å². The van der Waals surface area contributed by atoms with Gasteiger partial charge in [0.25, 0.3) is 0 Å². The predicted octanol–water partition coefficient (Wildman–Crippen LogP) is 6.55. The van der Waals surface area contributed by atoms with E-state index >= 15 is 4.39 Å². The zero-order valence-corrected chi connectivity index (χ0v) is 24.0. The number of hydrogen-bond donors (Lipinski definition) is 1. The number of alkyl halides is 1. The number of hydrogen-bond acceptors (Lipinski definition) is 5. The van der Waals surface area contributed by atoms with Crippen LogP contribution in [0.1, 0.15) is 62.2 Å². The molecule has 42 heavy (non-hydrogen) atoms. The lowest BCUT2D eigenvalue weighted by molar-refractivity contribution is -0.000999. The van der Waals surface area contributed by atoms with E-state index in [1.165, 1.54) is 17.0 Å². The number of halogens is 4.